The second kappa shape index (κ2) is 9.25. The van der Waals surface area contributed by atoms with Gasteiger partial charge in [-0.05, 0) is 41.1 Å². The summed E-state index contributed by atoms with van der Waals surface area (Å²) in [6, 6.07) is 28.9. The quantitative estimate of drug-likeness (QED) is 0.586. The molecule has 1 fully saturated rings. The molecule has 3 nitrogen and oxygen atoms in total. The Labute approximate surface area is 166 Å². The summed E-state index contributed by atoms with van der Waals surface area (Å²) in [6.45, 7) is 3.08. The van der Waals surface area contributed by atoms with Crippen molar-refractivity contribution in [3.63, 3.8) is 0 Å². The summed E-state index contributed by atoms with van der Waals surface area (Å²) in [5.74, 6) is 0.879. The van der Waals surface area contributed by atoms with Gasteiger partial charge < -0.3 is 14.4 Å². The average Bonchev–Trinajstić information content (AvgIpc) is 2.78. The molecule has 1 aliphatic rings. The molecule has 142 valence electrons. The first-order valence-corrected chi connectivity index (χ1v) is 9.72. The highest BCUT2D eigenvalue weighted by Gasteiger charge is 2.20. The predicted molar refractivity (Wildman–Crippen MR) is 113 cm³/mol. The van der Waals surface area contributed by atoms with Crippen molar-refractivity contribution >= 4 is 6.08 Å². The Hall–Kier alpha value is -3.04. The van der Waals surface area contributed by atoms with E-state index in [1.807, 2.05) is 36.4 Å². The second-order valence-corrected chi connectivity index (χ2v) is 6.92. The second-order valence-electron chi connectivity index (χ2n) is 6.92. The number of hydrogen-bond acceptors (Lipinski definition) is 3. The lowest BCUT2D eigenvalue weighted by molar-refractivity contribution is -0.0135. The highest BCUT2D eigenvalue weighted by Crippen LogP contribution is 2.25. The Bertz CT molecular complexity index is 875. The lowest BCUT2D eigenvalue weighted by Crippen LogP contribution is -2.34. The molecular formula is C25H25NO2. The Morgan fingerprint density at radius 3 is 2.36 bits per heavy atom. The van der Waals surface area contributed by atoms with Crippen molar-refractivity contribution in [2.45, 2.75) is 12.7 Å². The van der Waals surface area contributed by atoms with Crippen LogP contribution in [0.25, 0.3) is 6.08 Å². The number of benzene rings is 3. The van der Waals surface area contributed by atoms with E-state index in [2.05, 4.69) is 65.7 Å². The van der Waals surface area contributed by atoms with Crippen LogP contribution in [0.5, 0.6) is 5.75 Å². The van der Waals surface area contributed by atoms with Gasteiger partial charge in [-0.1, -0.05) is 72.8 Å². The van der Waals surface area contributed by atoms with Crippen LogP contribution in [0.3, 0.4) is 0 Å². The van der Waals surface area contributed by atoms with Crippen LogP contribution < -0.4 is 4.74 Å². The molecule has 3 aromatic rings. The van der Waals surface area contributed by atoms with Gasteiger partial charge >= 0.3 is 0 Å². The van der Waals surface area contributed by atoms with Gasteiger partial charge in [0.15, 0.2) is 0 Å². The highest BCUT2D eigenvalue weighted by atomic mass is 16.5. The van der Waals surface area contributed by atoms with E-state index in [1.165, 1.54) is 16.7 Å². The summed E-state index contributed by atoms with van der Waals surface area (Å²) in [6.07, 6.45) is 4.41. The lowest BCUT2D eigenvalue weighted by Gasteiger charge is -2.32. The molecule has 0 saturated carbocycles. The van der Waals surface area contributed by atoms with Gasteiger partial charge in [0, 0.05) is 13.1 Å². The summed E-state index contributed by atoms with van der Waals surface area (Å²) in [7, 11) is 0. The molecule has 0 radical (unpaired) electrons. The van der Waals surface area contributed by atoms with Gasteiger partial charge in [0.05, 0.1) is 12.7 Å². The molecule has 0 bridgehead atoms. The molecule has 3 aromatic carbocycles. The molecule has 0 aromatic heterocycles. The van der Waals surface area contributed by atoms with Crippen molar-refractivity contribution in [2.24, 2.45) is 0 Å². The fourth-order valence-corrected chi connectivity index (χ4v) is 3.28. The van der Waals surface area contributed by atoms with Gasteiger partial charge in [-0.2, -0.15) is 0 Å². The maximum atomic E-state index is 6.00. The standard InChI is InChI=1S/C25H25NO2/c1-3-7-21(8-4-1)15-16-26-17-18-27-25(19-26)23-11-13-24(14-12-23)28-20-22-9-5-2-6-10-22/h1-16,25H,17-20H2/t25-/m1/s1. The SMILES string of the molecule is C(=CN1CCO[C@@H](c2ccc(OCc3ccccc3)cc2)C1)c1ccccc1. The molecule has 0 amide bonds. The molecule has 3 heteroatoms. The summed E-state index contributed by atoms with van der Waals surface area (Å²) < 4.78 is 11.9. The normalized spacial score (nSPS) is 17.0. The molecule has 0 N–H and O–H groups in total. The average molecular weight is 371 g/mol. The minimum atomic E-state index is 0.0809. The Morgan fingerprint density at radius 2 is 1.61 bits per heavy atom. The maximum Gasteiger partial charge on any atom is 0.119 e. The molecule has 1 aliphatic heterocycles. The fourth-order valence-electron chi connectivity index (χ4n) is 3.28. The molecule has 0 spiro atoms. The zero-order valence-electron chi connectivity index (χ0n) is 15.9. The zero-order valence-corrected chi connectivity index (χ0v) is 15.9. The molecule has 0 unspecified atom stereocenters. The van der Waals surface area contributed by atoms with E-state index in [1.54, 1.807) is 0 Å². The van der Waals surface area contributed by atoms with Crippen molar-refractivity contribution in [1.29, 1.82) is 0 Å². The molecule has 0 aliphatic carbocycles. The smallest absolute Gasteiger partial charge is 0.119 e. The van der Waals surface area contributed by atoms with Gasteiger partial charge in [-0.3, -0.25) is 0 Å². The van der Waals surface area contributed by atoms with E-state index in [9.17, 15) is 0 Å². The minimum absolute atomic E-state index is 0.0809. The van der Waals surface area contributed by atoms with E-state index in [0.717, 1.165) is 25.4 Å². The zero-order chi connectivity index (χ0) is 19.0. The minimum Gasteiger partial charge on any atom is -0.489 e. The largest absolute Gasteiger partial charge is 0.489 e. The summed E-state index contributed by atoms with van der Waals surface area (Å²) >= 11 is 0. The molecule has 1 atom stereocenters. The first kappa shape index (κ1) is 18.3. The van der Waals surface area contributed by atoms with Gasteiger partial charge in [0.25, 0.3) is 0 Å². The Morgan fingerprint density at radius 1 is 0.893 bits per heavy atom. The number of hydrogen-bond donors (Lipinski definition) is 0. The van der Waals surface area contributed by atoms with Crippen LogP contribution in [0.15, 0.2) is 91.1 Å². The number of nitrogens with zero attached hydrogens (tertiary/aromatic N) is 1. The van der Waals surface area contributed by atoms with Gasteiger partial charge in [0.1, 0.15) is 12.4 Å². The van der Waals surface area contributed by atoms with Gasteiger partial charge in [0.2, 0.25) is 0 Å². The van der Waals surface area contributed by atoms with Crippen molar-refractivity contribution in [1.82, 2.24) is 4.90 Å². The van der Waals surface area contributed by atoms with Gasteiger partial charge in [-0.15, -0.1) is 0 Å². The molecule has 28 heavy (non-hydrogen) atoms. The molecular weight excluding hydrogens is 346 g/mol. The van der Waals surface area contributed by atoms with E-state index in [4.69, 9.17) is 9.47 Å². The van der Waals surface area contributed by atoms with Crippen LogP contribution in [0.1, 0.15) is 22.8 Å². The van der Waals surface area contributed by atoms with Crippen molar-refractivity contribution < 1.29 is 9.47 Å². The molecule has 1 heterocycles. The lowest BCUT2D eigenvalue weighted by atomic mass is 10.1. The van der Waals surface area contributed by atoms with Gasteiger partial charge in [-0.25, -0.2) is 0 Å². The van der Waals surface area contributed by atoms with Crippen LogP contribution in [-0.2, 0) is 11.3 Å². The fraction of sp³-hybridized carbons (Fsp3) is 0.200. The predicted octanol–water partition coefficient (Wildman–Crippen LogP) is 5.31. The monoisotopic (exact) mass is 371 g/mol. The van der Waals surface area contributed by atoms with E-state index >= 15 is 0 Å². The highest BCUT2D eigenvalue weighted by molar-refractivity contribution is 5.48. The Balaban J connectivity index is 1.34. The summed E-state index contributed by atoms with van der Waals surface area (Å²) in [5.41, 5.74) is 3.57. The van der Waals surface area contributed by atoms with Crippen molar-refractivity contribution in [3.8, 4) is 5.75 Å². The van der Waals surface area contributed by atoms with Crippen molar-refractivity contribution in [2.75, 3.05) is 19.7 Å². The third-order valence-electron chi connectivity index (χ3n) is 4.88. The third kappa shape index (κ3) is 5.02. The van der Waals surface area contributed by atoms with Crippen LogP contribution in [-0.4, -0.2) is 24.6 Å². The molecule has 4 rings (SSSR count). The van der Waals surface area contributed by atoms with E-state index in [0.29, 0.717) is 6.61 Å². The van der Waals surface area contributed by atoms with Crippen molar-refractivity contribution in [3.05, 3.63) is 108 Å². The number of ether oxygens (including phenoxy) is 2. The Kier molecular flexibility index (Phi) is 6.05. The summed E-state index contributed by atoms with van der Waals surface area (Å²) in [4.78, 5) is 2.32. The van der Waals surface area contributed by atoms with Crippen LogP contribution >= 0.6 is 0 Å². The first-order chi connectivity index (χ1) is 13.9. The maximum absolute atomic E-state index is 6.00. The number of rotatable bonds is 6. The van der Waals surface area contributed by atoms with E-state index < -0.39 is 0 Å². The number of morpholine rings is 1. The molecule has 1 saturated heterocycles. The van der Waals surface area contributed by atoms with Crippen LogP contribution in [0.2, 0.25) is 0 Å². The van der Waals surface area contributed by atoms with E-state index in [-0.39, 0.29) is 6.10 Å². The third-order valence-corrected chi connectivity index (χ3v) is 4.88. The van der Waals surface area contributed by atoms with Crippen LogP contribution in [0.4, 0.5) is 0 Å². The topological polar surface area (TPSA) is 21.7 Å². The first-order valence-electron chi connectivity index (χ1n) is 9.72. The summed E-state index contributed by atoms with van der Waals surface area (Å²) in [5, 5.41) is 0. The van der Waals surface area contributed by atoms with Crippen LogP contribution in [0, 0.1) is 0 Å².